The van der Waals surface area contributed by atoms with Gasteiger partial charge in [0.15, 0.2) is 6.61 Å². The molecule has 0 heterocycles. The van der Waals surface area contributed by atoms with E-state index in [4.69, 9.17) is 9.47 Å². The zero-order valence-electron chi connectivity index (χ0n) is 15.5. The highest BCUT2D eigenvalue weighted by atomic mass is 16.5. The first kappa shape index (κ1) is 19.3. The molecule has 6 heteroatoms. The molecule has 0 aliphatic carbocycles. The van der Waals surface area contributed by atoms with E-state index in [1.54, 1.807) is 43.5 Å². The molecule has 0 aromatic heterocycles. The van der Waals surface area contributed by atoms with Gasteiger partial charge in [-0.25, -0.2) is 0 Å². The second kappa shape index (κ2) is 8.38. The first-order chi connectivity index (χ1) is 12.3. The Labute approximate surface area is 153 Å². The molecule has 2 rings (SSSR count). The molecule has 2 aromatic rings. The van der Waals surface area contributed by atoms with E-state index >= 15 is 0 Å². The molecule has 2 amide bonds. The monoisotopic (exact) mass is 356 g/mol. The van der Waals surface area contributed by atoms with Gasteiger partial charge in [0.05, 0.1) is 7.11 Å². The molecular weight excluding hydrogens is 332 g/mol. The molecule has 26 heavy (non-hydrogen) atoms. The van der Waals surface area contributed by atoms with Gasteiger partial charge in [0.25, 0.3) is 11.8 Å². The number of carbonyl (C=O) groups is 2. The van der Waals surface area contributed by atoms with Crippen LogP contribution in [0.15, 0.2) is 48.5 Å². The van der Waals surface area contributed by atoms with Gasteiger partial charge in [-0.15, -0.1) is 0 Å². The third-order valence-electron chi connectivity index (χ3n) is 3.74. The first-order valence-corrected chi connectivity index (χ1v) is 8.26. The molecule has 0 saturated heterocycles. The van der Waals surface area contributed by atoms with Gasteiger partial charge in [0.1, 0.15) is 11.5 Å². The number of nitrogens with one attached hydrogen (secondary N) is 2. The van der Waals surface area contributed by atoms with Crippen molar-refractivity contribution in [2.45, 2.75) is 26.2 Å². The average molecular weight is 356 g/mol. The minimum atomic E-state index is -0.465. The zero-order chi connectivity index (χ0) is 19.2. The summed E-state index contributed by atoms with van der Waals surface area (Å²) in [5, 5.41) is 0. The number of amides is 2. The Kier molecular flexibility index (Phi) is 6.22. The van der Waals surface area contributed by atoms with Crippen LogP contribution in [0.3, 0.4) is 0 Å². The SMILES string of the molecule is COc1cccc(OCC(=O)NNC(=O)c2ccc(C(C)(C)C)cc2)c1. The van der Waals surface area contributed by atoms with Crippen molar-refractivity contribution in [2.24, 2.45) is 0 Å². The van der Waals surface area contributed by atoms with Crippen LogP contribution in [-0.4, -0.2) is 25.5 Å². The van der Waals surface area contributed by atoms with Gasteiger partial charge in [0, 0.05) is 11.6 Å². The molecule has 0 aliphatic rings. The predicted molar refractivity (Wildman–Crippen MR) is 99.2 cm³/mol. The normalized spacial score (nSPS) is 10.8. The molecule has 0 bridgehead atoms. The van der Waals surface area contributed by atoms with E-state index in [1.807, 2.05) is 12.1 Å². The van der Waals surface area contributed by atoms with Crippen LogP contribution in [0.5, 0.6) is 11.5 Å². The van der Waals surface area contributed by atoms with Crippen LogP contribution in [0.1, 0.15) is 36.7 Å². The molecule has 0 saturated carbocycles. The number of methoxy groups -OCH3 is 1. The number of ether oxygens (including phenoxy) is 2. The van der Waals surface area contributed by atoms with Crippen LogP contribution in [0.4, 0.5) is 0 Å². The molecule has 6 nitrogen and oxygen atoms in total. The van der Waals surface area contributed by atoms with Crippen LogP contribution in [0.25, 0.3) is 0 Å². The summed E-state index contributed by atoms with van der Waals surface area (Å²) >= 11 is 0. The maximum atomic E-state index is 12.1. The topological polar surface area (TPSA) is 76.7 Å². The van der Waals surface area contributed by atoms with E-state index in [0.29, 0.717) is 17.1 Å². The lowest BCUT2D eigenvalue weighted by Crippen LogP contribution is -2.43. The van der Waals surface area contributed by atoms with Crippen molar-refractivity contribution in [1.82, 2.24) is 10.9 Å². The minimum absolute atomic E-state index is 0.0146. The summed E-state index contributed by atoms with van der Waals surface area (Å²) in [5.74, 6) is 0.284. The highest BCUT2D eigenvalue weighted by Gasteiger charge is 2.14. The van der Waals surface area contributed by atoms with Crippen LogP contribution in [0.2, 0.25) is 0 Å². The van der Waals surface area contributed by atoms with Crippen molar-refractivity contribution >= 4 is 11.8 Å². The van der Waals surface area contributed by atoms with Crippen molar-refractivity contribution < 1.29 is 19.1 Å². The number of hydrogen-bond donors (Lipinski definition) is 2. The second-order valence-corrected chi connectivity index (χ2v) is 6.80. The van der Waals surface area contributed by atoms with Crippen molar-refractivity contribution in [3.8, 4) is 11.5 Å². The molecule has 0 radical (unpaired) electrons. The van der Waals surface area contributed by atoms with Gasteiger partial charge in [-0.05, 0) is 35.2 Å². The number of carbonyl (C=O) groups excluding carboxylic acids is 2. The highest BCUT2D eigenvalue weighted by Crippen LogP contribution is 2.22. The predicted octanol–water partition coefficient (Wildman–Crippen LogP) is 2.83. The highest BCUT2D eigenvalue weighted by molar-refractivity contribution is 5.95. The van der Waals surface area contributed by atoms with E-state index in [1.165, 1.54) is 0 Å². The van der Waals surface area contributed by atoms with Gasteiger partial charge in [-0.2, -0.15) is 0 Å². The van der Waals surface area contributed by atoms with E-state index in [0.717, 1.165) is 5.56 Å². The fourth-order valence-corrected chi connectivity index (χ4v) is 2.20. The molecular formula is C20H24N2O4. The number of benzene rings is 2. The standard InChI is InChI=1S/C20H24N2O4/c1-20(2,3)15-10-8-14(9-11-15)19(24)22-21-18(23)13-26-17-7-5-6-16(12-17)25-4/h5-12H,13H2,1-4H3,(H,21,23)(H,22,24). The Morgan fingerprint density at radius 3 is 2.23 bits per heavy atom. The van der Waals surface area contributed by atoms with Crippen molar-refractivity contribution in [3.63, 3.8) is 0 Å². The van der Waals surface area contributed by atoms with E-state index in [9.17, 15) is 9.59 Å². The van der Waals surface area contributed by atoms with Gasteiger partial charge in [-0.1, -0.05) is 39.0 Å². The molecule has 0 spiro atoms. The van der Waals surface area contributed by atoms with Gasteiger partial charge < -0.3 is 9.47 Å². The summed E-state index contributed by atoms with van der Waals surface area (Å²) in [6.45, 7) is 6.08. The lowest BCUT2D eigenvalue weighted by atomic mass is 9.87. The Morgan fingerprint density at radius 2 is 1.62 bits per heavy atom. The summed E-state index contributed by atoms with van der Waals surface area (Å²) in [6, 6.07) is 14.2. The molecule has 0 unspecified atom stereocenters. The van der Waals surface area contributed by atoms with Crippen LogP contribution >= 0.6 is 0 Å². The Balaban J connectivity index is 1.82. The Bertz CT molecular complexity index is 764. The fourth-order valence-electron chi connectivity index (χ4n) is 2.20. The largest absolute Gasteiger partial charge is 0.497 e. The molecule has 0 fully saturated rings. The van der Waals surface area contributed by atoms with Crippen molar-refractivity contribution in [2.75, 3.05) is 13.7 Å². The van der Waals surface area contributed by atoms with Crippen molar-refractivity contribution in [3.05, 3.63) is 59.7 Å². The number of hydrazine groups is 1. The lowest BCUT2D eigenvalue weighted by molar-refractivity contribution is -0.123. The van der Waals surface area contributed by atoms with Crippen LogP contribution in [-0.2, 0) is 10.2 Å². The van der Waals surface area contributed by atoms with Gasteiger partial charge >= 0.3 is 0 Å². The van der Waals surface area contributed by atoms with Gasteiger partial charge in [-0.3, -0.25) is 20.4 Å². The molecule has 138 valence electrons. The summed E-state index contributed by atoms with van der Waals surface area (Å²) in [4.78, 5) is 23.9. The molecule has 0 atom stereocenters. The fraction of sp³-hybridized carbons (Fsp3) is 0.300. The van der Waals surface area contributed by atoms with Crippen LogP contribution < -0.4 is 20.3 Å². The zero-order valence-corrected chi connectivity index (χ0v) is 15.5. The van der Waals surface area contributed by atoms with Crippen LogP contribution in [0, 0.1) is 0 Å². The third kappa shape index (κ3) is 5.51. The van der Waals surface area contributed by atoms with E-state index in [-0.39, 0.29) is 17.9 Å². The van der Waals surface area contributed by atoms with E-state index in [2.05, 4.69) is 31.6 Å². The third-order valence-corrected chi connectivity index (χ3v) is 3.74. The smallest absolute Gasteiger partial charge is 0.276 e. The van der Waals surface area contributed by atoms with Crippen molar-refractivity contribution in [1.29, 1.82) is 0 Å². The first-order valence-electron chi connectivity index (χ1n) is 8.26. The molecule has 0 aliphatic heterocycles. The maximum absolute atomic E-state index is 12.1. The average Bonchev–Trinajstić information content (AvgIpc) is 2.64. The quantitative estimate of drug-likeness (QED) is 0.808. The summed E-state index contributed by atoms with van der Waals surface area (Å²) < 4.78 is 10.4. The summed E-state index contributed by atoms with van der Waals surface area (Å²) in [5.41, 5.74) is 6.31. The number of rotatable bonds is 5. The number of hydrogen-bond acceptors (Lipinski definition) is 4. The second-order valence-electron chi connectivity index (χ2n) is 6.80. The Morgan fingerprint density at radius 1 is 0.962 bits per heavy atom. The summed E-state index contributed by atoms with van der Waals surface area (Å²) in [7, 11) is 1.55. The molecule has 2 N–H and O–H groups in total. The lowest BCUT2D eigenvalue weighted by Gasteiger charge is -2.19. The van der Waals surface area contributed by atoms with E-state index < -0.39 is 5.91 Å². The summed E-state index contributed by atoms with van der Waals surface area (Å²) in [6.07, 6.45) is 0. The molecule has 2 aromatic carbocycles. The minimum Gasteiger partial charge on any atom is -0.497 e. The van der Waals surface area contributed by atoms with Gasteiger partial charge in [0.2, 0.25) is 0 Å². The Hall–Kier alpha value is -3.02. The maximum Gasteiger partial charge on any atom is 0.276 e.